The van der Waals surface area contributed by atoms with Crippen LogP contribution < -0.4 is 4.72 Å². The van der Waals surface area contributed by atoms with Crippen LogP contribution in [-0.2, 0) is 9.59 Å². The lowest BCUT2D eigenvalue weighted by Crippen LogP contribution is -2.35. The van der Waals surface area contributed by atoms with Crippen molar-refractivity contribution in [3.05, 3.63) is 0 Å². The van der Waals surface area contributed by atoms with Crippen molar-refractivity contribution in [2.75, 3.05) is 5.75 Å². The van der Waals surface area contributed by atoms with Gasteiger partial charge >= 0.3 is 0 Å². The van der Waals surface area contributed by atoms with Crippen molar-refractivity contribution in [3.63, 3.8) is 0 Å². The highest BCUT2D eigenvalue weighted by Crippen LogP contribution is 2.14. The molecule has 0 aliphatic heterocycles. The zero-order valence-electron chi connectivity index (χ0n) is 9.35. The average molecular weight is 217 g/mol. The zero-order valence-corrected chi connectivity index (χ0v) is 10.2. The maximum absolute atomic E-state index is 11.4. The molecule has 1 N–H and O–H groups in total. The molecule has 0 aliphatic rings. The third kappa shape index (κ3) is 5.27. The lowest BCUT2D eigenvalue weighted by molar-refractivity contribution is -0.141. The van der Waals surface area contributed by atoms with Gasteiger partial charge in [0.25, 0.3) is 5.91 Å². The number of amides is 1. The molecule has 0 radical (unpaired) electrons. The monoisotopic (exact) mass is 217 g/mol. The maximum atomic E-state index is 11.4. The molecule has 0 bridgehead atoms. The Morgan fingerprint density at radius 2 is 1.86 bits per heavy atom. The predicted octanol–water partition coefficient (Wildman–Crippen LogP) is 2.17. The number of hydrogen-bond acceptors (Lipinski definition) is 3. The summed E-state index contributed by atoms with van der Waals surface area (Å²) >= 11 is 1.31. The molecular weight excluding hydrogens is 198 g/mol. The molecule has 0 saturated carbocycles. The summed E-state index contributed by atoms with van der Waals surface area (Å²) in [6, 6.07) is 0. The summed E-state index contributed by atoms with van der Waals surface area (Å²) in [5.74, 6) is 0.0136. The number of unbranched alkanes of at least 4 members (excludes halogenated alkanes) is 1. The molecule has 0 aromatic heterocycles. The standard InChI is InChI=1S/C10H19NO2S/c1-5-6-7-14-11-9(13)8(12)10(2,3)4/h5-7H2,1-4H3,(H,11,13). The predicted molar refractivity (Wildman–Crippen MR) is 60.0 cm³/mol. The molecule has 0 atom stereocenters. The van der Waals surface area contributed by atoms with Crippen LogP contribution in [0.1, 0.15) is 40.5 Å². The Bertz CT molecular complexity index is 209. The van der Waals surface area contributed by atoms with Crippen LogP contribution >= 0.6 is 11.9 Å². The van der Waals surface area contributed by atoms with E-state index in [2.05, 4.69) is 11.6 Å². The van der Waals surface area contributed by atoms with Crippen LogP contribution in [0.5, 0.6) is 0 Å². The smallest absolute Gasteiger partial charge is 0.293 e. The molecule has 0 aromatic carbocycles. The van der Waals surface area contributed by atoms with Gasteiger partial charge in [0.1, 0.15) is 0 Å². The average Bonchev–Trinajstić information content (AvgIpc) is 2.09. The lowest BCUT2D eigenvalue weighted by atomic mass is 9.91. The minimum Gasteiger partial charge on any atom is -0.293 e. The largest absolute Gasteiger partial charge is 0.297 e. The van der Waals surface area contributed by atoms with Gasteiger partial charge in [-0.25, -0.2) is 0 Å². The highest BCUT2D eigenvalue weighted by Gasteiger charge is 2.27. The van der Waals surface area contributed by atoms with Crippen molar-refractivity contribution >= 4 is 23.6 Å². The fourth-order valence-electron chi connectivity index (χ4n) is 0.720. The van der Waals surface area contributed by atoms with Gasteiger partial charge in [0.05, 0.1) is 0 Å². The van der Waals surface area contributed by atoms with Crippen molar-refractivity contribution in [3.8, 4) is 0 Å². The van der Waals surface area contributed by atoms with Crippen LogP contribution in [0.3, 0.4) is 0 Å². The first kappa shape index (κ1) is 13.5. The van der Waals surface area contributed by atoms with Crippen molar-refractivity contribution in [1.29, 1.82) is 0 Å². The fraction of sp³-hybridized carbons (Fsp3) is 0.800. The molecular formula is C10H19NO2S. The van der Waals surface area contributed by atoms with E-state index in [-0.39, 0.29) is 5.78 Å². The highest BCUT2D eigenvalue weighted by molar-refractivity contribution is 7.98. The van der Waals surface area contributed by atoms with E-state index in [0.29, 0.717) is 0 Å². The van der Waals surface area contributed by atoms with Crippen LogP contribution in [-0.4, -0.2) is 17.4 Å². The normalized spacial score (nSPS) is 11.1. The topological polar surface area (TPSA) is 46.2 Å². The molecule has 0 fully saturated rings. The number of ketones is 1. The highest BCUT2D eigenvalue weighted by atomic mass is 32.2. The molecule has 0 spiro atoms. The Labute approximate surface area is 90.2 Å². The summed E-state index contributed by atoms with van der Waals surface area (Å²) in [5, 5.41) is 0. The van der Waals surface area contributed by atoms with Crippen molar-refractivity contribution in [2.45, 2.75) is 40.5 Å². The van der Waals surface area contributed by atoms with E-state index < -0.39 is 11.3 Å². The van der Waals surface area contributed by atoms with E-state index in [1.54, 1.807) is 20.8 Å². The van der Waals surface area contributed by atoms with Crippen LogP contribution in [0.2, 0.25) is 0 Å². The first-order valence-corrected chi connectivity index (χ1v) is 5.84. The zero-order chi connectivity index (χ0) is 11.2. The van der Waals surface area contributed by atoms with E-state index >= 15 is 0 Å². The molecule has 0 aromatic rings. The summed E-state index contributed by atoms with van der Waals surface area (Å²) in [7, 11) is 0. The summed E-state index contributed by atoms with van der Waals surface area (Å²) in [6.07, 6.45) is 2.14. The Hall–Kier alpha value is -0.510. The van der Waals surface area contributed by atoms with E-state index in [1.165, 1.54) is 11.9 Å². The van der Waals surface area contributed by atoms with Crippen LogP contribution in [0.4, 0.5) is 0 Å². The first-order chi connectivity index (χ1) is 6.39. The minimum absolute atomic E-state index is 0.360. The van der Waals surface area contributed by atoms with Gasteiger partial charge < -0.3 is 0 Å². The van der Waals surface area contributed by atoms with Gasteiger partial charge in [-0.15, -0.1) is 0 Å². The second-order valence-corrected chi connectivity index (χ2v) is 5.11. The molecule has 0 aliphatic carbocycles. The summed E-state index contributed by atoms with van der Waals surface area (Å²) in [5.41, 5.74) is -0.588. The van der Waals surface area contributed by atoms with Crippen molar-refractivity contribution in [2.24, 2.45) is 5.41 Å². The Morgan fingerprint density at radius 1 is 1.29 bits per heavy atom. The maximum Gasteiger partial charge on any atom is 0.297 e. The van der Waals surface area contributed by atoms with Gasteiger partial charge in [0.2, 0.25) is 5.78 Å². The molecule has 1 amide bonds. The van der Waals surface area contributed by atoms with Crippen molar-refractivity contribution in [1.82, 2.24) is 4.72 Å². The SMILES string of the molecule is CCCCSNC(=O)C(=O)C(C)(C)C. The minimum atomic E-state index is -0.588. The Balaban J connectivity index is 3.81. The molecule has 0 heterocycles. The number of carbonyl (C=O) groups excluding carboxylic acids is 2. The molecule has 14 heavy (non-hydrogen) atoms. The van der Waals surface area contributed by atoms with Gasteiger partial charge in [-0.05, 0) is 6.42 Å². The van der Waals surface area contributed by atoms with Crippen molar-refractivity contribution < 1.29 is 9.59 Å². The third-order valence-corrected chi connectivity index (χ3v) is 2.47. The number of Topliss-reactive ketones (excluding diaryl/α,β-unsaturated/α-hetero) is 1. The quantitative estimate of drug-likeness (QED) is 0.436. The van der Waals surface area contributed by atoms with E-state index in [0.717, 1.165) is 18.6 Å². The van der Waals surface area contributed by atoms with E-state index in [1.807, 2.05) is 0 Å². The second kappa shape index (κ2) is 6.06. The van der Waals surface area contributed by atoms with Crippen LogP contribution in [0, 0.1) is 5.41 Å². The number of hydrogen-bond donors (Lipinski definition) is 1. The summed E-state index contributed by atoms with van der Waals surface area (Å²) in [6.45, 7) is 7.31. The molecule has 0 unspecified atom stereocenters. The van der Waals surface area contributed by atoms with Gasteiger partial charge in [-0.1, -0.05) is 46.1 Å². The summed E-state index contributed by atoms with van der Waals surface area (Å²) in [4.78, 5) is 22.7. The number of rotatable bonds is 5. The molecule has 4 heteroatoms. The molecule has 0 rings (SSSR count). The third-order valence-electron chi connectivity index (χ3n) is 1.65. The van der Waals surface area contributed by atoms with E-state index in [4.69, 9.17) is 0 Å². The Kier molecular flexibility index (Phi) is 5.84. The van der Waals surface area contributed by atoms with Crippen LogP contribution in [0.15, 0.2) is 0 Å². The van der Waals surface area contributed by atoms with Gasteiger partial charge in [-0.3, -0.25) is 14.3 Å². The second-order valence-electron chi connectivity index (χ2n) is 4.21. The molecule has 0 saturated heterocycles. The molecule has 3 nitrogen and oxygen atoms in total. The van der Waals surface area contributed by atoms with Gasteiger partial charge in [0, 0.05) is 11.2 Å². The number of nitrogens with one attached hydrogen (secondary N) is 1. The first-order valence-electron chi connectivity index (χ1n) is 4.86. The Morgan fingerprint density at radius 3 is 2.29 bits per heavy atom. The summed E-state index contributed by atoms with van der Waals surface area (Å²) < 4.78 is 2.55. The van der Waals surface area contributed by atoms with Gasteiger partial charge in [0.15, 0.2) is 0 Å². The molecule has 82 valence electrons. The number of carbonyl (C=O) groups is 2. The fourth-order valence-corrected chi connectivity index (χ4v) is 1.48. The lowest BCUT2D eigenvalue weighted by Gasteiger charge is -2.15. The van der Waals surface area contributed by atoms with E-state index in [9.17, 15) is 9.59 Å². The van der Waals surface area contributed by atoms with Gasteiger partial charge in [-0.2, -0.15) is 0 Å². The van der Waals surface area contributed by atoms with Crippen LogP contribution in [0.25, 0.3) is 0 Å².